The third kappa shape index (κ3) is 5.19. The SMILES string of the molecule is O=C(O)CCC(NC(=O)OCC1c2ccccc2-c2ccccc21)C(=O)N1CCNC(=O)CC1. The van der Waals surface area contributed by atoms with Gasteiger partial charge in [0.25, 0.3) is 0 Å². The lowest BCUT2D eigenvalue weighted by atomic mass is 9.98. The van der Waals surface area contributed by atoms with Crippen LogP contribution in [0.25, 0.3) is 11.1 Å². The first-order valence-electron chi connectivity index (χ1n) is 11.3. The largest absolute Gasteiger partial charge is 0.481 e. The summed E-state index contributed by atoms with van der Waals surface area (Å²) in [7, 11) is 0. The van der Waals surface area contributed by atoms with E-state index < -0.39 is 24.0 Å². The Morgan fingerprint density at radius 2 is 1.71 bits per heavy atom. The molecular formula is C25H27N3O6. The summed E-state index contributed by atoms with van der Waals surface area (Å²) in [6, 6.07) is 14.9. The summed E-state index contributed by atoms with van der Waals surface area (Å²) in [5.74, 6) is -1.78. The Hall–Kier alpha value is -3.88. The van der Waals surface area contributed by atoms with Crippen LogP contribution >= 0.6 is 0 Å². The van der Waals surface area contributed by atoms with Gasteiger partial charge in [-0.2, -0.15) is 0 Å². The number of carbonyl (C=O) groups is 4. The van der Waals surface area contributed by atoms with Crippen LogP contribution in [0.15, 0.2) is 48.5 Å². The standard InChI is InChI=1S/C25H27N3O6/c29-22-11-13-28(14-12-26-22)24(32)21(9-10-23(30)31)27-25(33)34-15-20-18-7-3-1-5-16(18)17-6-2-4-8-19(17)20/h1-8,20-21H,9-15H2,(H,26,29)(H,27,33)(H,30,31). The van der Waals surface area contributed by atoms with E-state index in [0.717, 1.165) is 22.3 Å². The molecular weight excluding hydrogens is 438 g/mol. The molecule has 4 rings (SSSR count). The van der Waals surface area contributed by atoms with Crippen LogP contribution in [0.5, 0.6) is 0 Å². The van der Waals surface area contributed by atoms with Crippen LogP contribution in [0, 0.1) is 0 Å². The molecule has 1 fully saturated rings. The number of alkyl carbamates (subject to hydrolysis) is 1. The number of benzene rings is 2. The van der Waals surface area contributed by atoms with Gasteiger partial charge < -0.3 is 25.4 Å². The van der Waals surface area contributed by atoms with E-state index in [4.69, 9.17) is 9.84 Å². The van der Waals surface area contributed by atoms with E-state index in [1.165, 1.54) is 4.90 Å². The molecule has 0 spiro atoms. The van der Waals surface area contributed by atoms with Crippen molar-refractivity contribution in [3.63, 3.8) is 0 Å². The lowest BCUT2D eigenvalue weighted by Gasteiger charge is -2.26. The van der Waals surface area contributed by atoms with Crippen LogP contribution in [0.2, 0.25) is 0 Å². The van der Waals surface area contributed by atoms with Gasteiger partial charge in [-0.1, -0.05) is 48.5 Å². The molecule has 9 nitrogen and oxygen atoms in total. The third-order valence-corrected chi connectivity index (χ3v) is 6.21. The van der Waals surface area contributed by atoms with Gasteiger partial charge in [-0.3, -0.25) is 14.4 Å². The van der Waals surface area contributed by atoms with Crippen molar-refractivity contribution in [1.82, 2.24) is 15.5 Å². The molecule has 1 aliphatic carbocycles. The van der Waals surface area contributed by atoms with Gasteiger partial charge >= 0.3 is 12.1 Å². The zero-order valence-electron chi connectivity index (χ0n) is 18.7. The van der Waals surface area contributed by atoms with Crippen molar-refractivity contribution >= 4 is 23.9 Å². The molecule has 1 unspecified atom stereocenters. The number of hydrogen-bond acceptors (Lipinski definition) is 5. The van der Waals surface area contributed by atoms with Crippen molar-refractivity contribution in [2.75, 3.05) is 26.2 Å². The van der Waals surface area contributed by atoms with E-state index in [1.54, 1.807) is 0 Å². The molecule has 1 heterocycles. The van der Waals surface area contributed by atoms with Crippen molar-refractivity contribution in [3.8, 4) is 11.1 Å². The van der Waals surface area contributed by atoms with Gasteiger partial charge in [0.05, 0.1) is 0 Å². The fourth-order valence-corrected chi connectivity index (χ4v) is 4.52. The van der Waals surface area contributed by atoms with Crippen LogP contribution in [-0.2, 0) is 19.1 Å². The van der Waals surface area contributed by atoms with Crippen LogP contribution < -0.4 is 10.6 Å². The Bertz CT molecular complexity index is 1060. The van der Waals surface area contributed by atoms with Crippen LogP contribution in [0.1, 0.15) is 36.3 Å². The first-order valence-corrected chi connectivity index (χ1v) is 11.3. The fraction of sp³-hybridized carbons (Fsp3) is 0.360. The molecule has 1 aliphatic heterocycles. The minimum atomic E-state index is -1.07. The zero-order valence-corrected chi connectivity index (χ0v) is 18.7. The molecule has 9 heteroatoms. The van der Waals surface area contributed by atoms with E-state index >= 15 is 0 Å². The van der Waals surface area contributed by atoms with Crippen LogP contribution in [0.3, 0.4) is 0 Å². The summed E-state index contributed by atoms with van der Waals surface area (Å²) >= 11 is 0. The van der Waals surface area contributed by atoms with Gasteiger partial charge in [0.15, 0.2) is 0 Å². The second-order valence-electron chi connectivity index (χ2n) is 8.38. The van der Waals surface area contributed by atoms with E-state index in [2.05, 4.69) is 10.6 Å². The Morgan fingerprint density at radius 1 is 1.06 bits per heavy atom. The van der Waals surface area contributed by atoms with E-state index in [9.17, 15) is 19.2 Å². The van der Waals surface area contributed by atoms with Crippen molar-refractivity contribution < 1.29 is 29.0 Å². The second kappa shape index (κ2) is 10.4. The monoisotopic (exact) mass is 465 g/mol. The van der Waals surface area contributed by atoms with Crippen molar-refractivity contribution in [2.45, 2.75) is 31.2 Å². The van der Waals surface area contributed by atoms with Gasteiger partial charge in [0, 0.05) is 38.4 Å². The van der Waals surface area contributed by atoms with Crippen LogP contribution in [0.4, 0.5) is 4.79 Å². The molecule has 3 N–H and O–H groups in total. The van der Waals surface area contributed by atoms with Crippen molar-refractivity contribution in [3.05, 3.63) is 59.7 Å². The molecule has 2 aromatic carbocycles. The maximum absolute atomic E-state index is 13.0. The Labute approximate surface area is 197 Å². The number of rotatable bonds is 7. The zero-order chi connectivity index (χ0) is 24.1. The molecule has 0 aromatic heterocycles. The molecule has 2 aromatic rings. The van der Waals surface area contributed by atoms with Crippen LogP contribution in [-0.4, -0.2) is 66.2 Å². The molecule has 2 aliphatic rings. The molecule has 34 heavy (non-hydrogen) atoms. The summed E-state index contributed by atoms with van der Waals surface area (Å²) < 4.78 is 5.52. The predicted octanol–water partition coefficient (Wildman–Crippen LogP) is 2.11. The third-order valence-electron chi connectivity index (χ3n) is 6.21. The van der Waals surface area contributed by atoms with Gasteiger partial charge in [0.2, 0.25) is 11.8 Å². The van der Waals surface area contributed by atoms with E-state index in [-0.39, 0.29) is 44.2 Å². The summed E-state index contributed by atoms with van der Waals surface area (Å²) in [4.78, 5) is 49.8. The number of nitrogens with zero attached hydrogens (tertiary/aromatic N) is 1. The normalized spacial score (nSPS) is 16.0. The number of nitrogens with one attached hydrogen (secondary N) is 2. The number of hydrogen-bond donors (Lipinski definition) is 3. The highest BCUT2D eigenvalue weighted by molar-refractivity contribution is 5.87. The molecule has 0 saturated carbocycles. The summed E-state index contributed by atoms with van der Waals surface area (Å²) in [6.07, 6.45) is -0.987. The topological polar surface area (TPSA) is 125 Å². The number of fused-ring (bicyclic) bond motifs is 3. The summed E-state index contributed by atoms with van der Waals surface area (Å²) in [6.45, 7) is 0.893. The quantitative estimate of drug-likeness (QED) is 0.575. The highest BCUT2D eigenvalue weighted by Crippen LogP contribution is 2.44. The number of carboxylic acids is 1. The van der Waals surface area contributed by atoms with Gasteiger partial charge in [-0.25, -0.2) is 4.79 Å². The fourth-order valence-electron chi connectivity index (χ4n) is 4.52. The number of aliphatic carboxylic acids is 1. The van der Waals surface area contributed by atoms with Crippen molar-refractivity contribution in [1.29, 1.82) is 0 Å². The smallest absolute Gasteiger partial charge is 0.407 e. The molecule has 178 valence electrons. The maximum Gasteiger partial charge on any atom is 0.407 e. The molecule has 1 atom stereocenters. The first-order chi connectivity index (χ1) is 16.4. The molecule has 0 bridgehead atoms. The summed E-state index contributed by atoms with van der Waals surface area (Å²) in [5, 5.41) is 14.3. The summed E-state index contributed by atoms with van der Waals surface area (Å²) in [5.41, 5.74) is 4.34. The Balaban J connectivity index is 1.42. The van der Waals surface area contributed by atoms with Gasteiger partial charge in [-0.15, -0.1) is 0 Å². The van der Waals surface area contributed by atoms with E-state index in [1.807, 2.05) is 48.5 Å². The minimum Gasteiger partial charge on any atom is -0.481 e. The molecule has 3 amide bonds. The van der Waals surface area contributed by atoms with Gasteiger partial charge in [-0.05, 0) is 28.7 Å². The average molecular weight is 466 g/mol. The van der Waals surface area contributed by atoms with E-state index in [0.29, 0.717) is 13.1 Å². The molecule has 1 saturated heterocycles. The lowest BCUT2D eigenvalue weighted by Crippen LogP contribution is -2.49. The Kier molecular flexibility index (Phi) is 7.10. The van der Waals surface area contributed by atoms with Gasteiger partial charge in [0.1, 0.15) is 12.6 Å². The lowest BCUT2D eigenvalue weighted by molar-refractivity contribution is -0.138. The average Bonchev–Trinajstić information content (AvgIpc) is 2.98. The number of carbonyl (C=O) groups excluding carboxylic acids is 3. The Morgan fingerprint density at radius 3 is 2.35 bits per heavy atom. The minimum absolute atomic E-state index is 0.0732. The number of ether oxygens (including phenoxy) is 1. The highest BCUT2D eigenvalue weighted by atomic mass is 16.5. The highest BCUT2D eigenvalue weighted by Gasteiger charge is 2.31. The number of amides is 3. The predicted molar refractivity (Wildman–Crippen MR) is 123 cm³/mol. The van der Waals surface area contributed by atoms with Crippen molar-refractivity contribution in [2.24, 2.45) is 0 Å². The maximum atomic E-state index is 13.0. The molecule has 0 radical (unpaired) electrons. The first kappa shape index (κ1) is 23.3. The second-order valence-corrected chi connectivity index (χ2v) is 8.38. The number of carboxylic acid groups (broad SMARTS) is 1.